The largest absolute Gasteiger partial charge is 0.324 e. The maximum Gasteiger partial charge on any atom is 0.234 e. The van der Waals surface area contributed by atoms with Crippen molar-refractivity contribution in [2.45, 2.75) is 16.5 Å². The van der Waals surface area contributed by atoms with E-state index in [9.17, 15) is 4.79 Å². The van der Waals surface area contributed by atoms with Crippen LogP contribution in [-0.4, -0.2) is 32.2 Å². The lowest BCUT2D eigenvalue weighted by Crippen LogP contribution is -2.15. The zero-order chi connectivity index (χ0) is 22.9. The van der Waals surface area contributed by atoms with Crippen molar-refractivity contribution < 1.29 is 4.79 Å². The molecule has 0 saturated carbocycles. The second kappa shape index (κ2) is 11.4. The molecular formula is C25H21N5OS2. The third-order valence-electron chi connectivity index (χ3n) is 4.71. The number of para-hydroxylation sites is 2. The molecule has 0 aliphatic heterocycles. The summed E-state index contributed by atoms with van der Waals surface area (Å²) >= 11 is 2.74. The molecule has 1 amide bonds. The summed E-state index contributed by atoms with van der Waals surface area (Å²) < 4.78 is 2.00. The molecule has 4 aromatic rings. The van der Waals surface area contributed by atoms with Crippen LogP contribution in [0.25, 0.3) is 5.69 Å². The smallest absolute Gasteiger partial charge is 0.234 e. The van der Waals surface area contributed by atoms with Gasteiger partial charge in [-0.1, -0.05) is 72.4 Å². The van der Waals surface area contributed by atoms with Crippen LogP contribution in [0.5, 0.6) is 0 Å². The molecule has 0 aliphatic rings. The quantitative estimate of drug-likeness (QED) is 0.338. The minimum atomic E-state index is -0.141. The number of anilines is 1. The minimum absolute atomic E-state index is 0.141. The van der Waals surface area contributed by atoms with Crippen molar-refractivity contribution in [2.24, 2.45) is 0 Å². The SMILES string of the molecule is N#CCSc1ccccc1NC(=O)CSc1nnc(Cc2ccccc2)n1-c1ccccc1. The molecule has 1 heterocycles. The molecule has 0 spiro atoms. The van der Waals surface area contributed by atoms with Gasteiger partial charge in [-0.05, 0) is 29.8 Å². The summed E-state index contributed by atoms with van der Waals surface area (Å²) in [6.45, 7) is 0. The molecule has 6 nitrogen and oxygen atoms in total. The minimum Gasteiger partial charge on any atom is -0.324 e. The molecule has 0 atom stereocenters. The number of hydrogen-bond acceptors (Lipinski definition) is 6. The highest BCUT2D eigenvalue weighted by molar-refractivity contribution is 8.00. The topological polar surface area (TPSA) is 83.6 Å². The Bertz CT molecular complexity index is 1250. The van der Waals surface area contributed by atoms with Crippen molar-refractivity contribution in [3.8, 4) is 11.8 Å². The molecule has 3 aromatic carbocycles. The van der Waals surface area contributed by atoms with Gasteiger partial charge in [-0.2, -0.15) is 5.26 Å². The molecule has 4 rings (SSSR count). The maximum atomic E-state index is 12.7. The van der Waals surface area contributed by atoms with E-state index < -0.39 is 0 Å². The summed E-state index contributed by atoms with van der Waals surface area (Å²) in [5.41, 5.74) is 2.80. The third-order valence-corrected chi connectivity index (χ3v) is 6.57. The van der Waals surface area contributed by atoms with Crippen molar-refractivity contribution in [3.63, 3.8) is 0 Å². The fourth-order valence-corrected chi connectivity index (χ4v) is 4.69. The third kappa shape index (κ3) is 6.04. The van der Waals surface area contributed by atoms with Gasteiger partial charge < -0.3 is 5.32 Å². The number of hydrogen-bond donors (Lipinski definition) is 1. The van der Waals surface area contributed by atoms with Crippen LogP contribution in [-0.2, 0) is 11.2 Å². The summed E-state index contributed by atoms with van der Waals surface area (Å²) in [7, 11) is 0. The van der Waals surface area contributed by atoms with Gasteiger partial charge in [0.2, 0.25) is 5.91 Å². The van der Waals surface area contributed by atoms with E-state index in [1.807, 2.05) is 77.4 Å². The molecule has 1 N–H and O–H groups in total. The molecule has 1 aromatic heterocycles. The number of nitrogens with zero attached hydrogens (tertiary/aromatic N) is 4. The van der Waals surface area contributed by atoms with Crippen LogP contribution in [0, 0.1) is 11.3 Å². The summed E-state index contributed by atoms with van der Waals surface area (Å²) in [5, 5.41) is 21.3. The first-order valence-electron chi connectivity index (χ1n) is 10.3. The maximum absolute atomic E-state index is 12.7. The van der Waals surface area contributed by atoms with E-state index in [4.69, 9.17) is 5.26 Å². The van der Waals surface area contributed by atoms with Gasteiger partial charge in [0.1, 0.15) is 5.82 Å². The second-order valence-electron chi connectivity index (χ2n) is 7.01. The van der Waals surface area contributed by atoms with Crippen molar-refractivity contribution >= 4 is 35.1 Å². The molecule has 8 heteroatoms. The lowest BCUT2D eigenvalue weighted by Gasteiger charge is -2.11. The molecule has 0 fully saturated rings. The van der Waals surface area contributed by atoms with Gasteiger partial charge in [-0.3, -0.25) is 9.36 Å². The van der Waals surface area contributed by atoms with E-state index in [0.29, 0.717) is 23.0 Å². The van der Waals surface area contributed by atoms with Crippen LogP contribution in [0.1, 0.15) is 11.4 Å². The molecule has 33 heavy (non-hydrogen) atoms. The number of thioether (sulfide) groups is 2. The van der Waals surface area contributed by atoms with Gasteiger partial charge in [0.15, 0.2) is 5.16 Å². The first kappa shape index (κ1) is 22.6. The highest BCUT2D eigenvalue weighted by atomic mass is 32.2. The van der Waals surface area contributed by atoms with Crippen LogP contribution in [0.3, 0.4) is 0 Å². The zero-order valence-corrected chi connectivity index (χ0v) is 19.4. The van der Waals surface area contributed by atoms with E-state index in [1.165, 1.54) is 23.5 Å². The van der Waals surface area contributed by atoms with Crippen molar-refractivity contribution in [3.05, 3.63) is 96.3 Å². The Hall–Kier alpha value is -3.54. The van der Waals surface area contributed by atoms with Gasteiger partial charge in [0, 0.05) is 17.0 Å². The summed E-state index contributed by atoms with van der Waals surface area (Å²) in [4.78, 5) is 13.6. The van der Waals surface area contributed by atoms with E-state index in [-0.39, 0.29) is 11.7 Å². The highest BCUT2D eigenvalue weighted by Gasteiger charge is 2.17. The highest BCUT2D eigenvalue weighted by Crippen LogP contribution is 2.28. The van der Waals surface area contributed by atoms with Crippen molar-refractivity contribution in [1.82, 2.24) is 14.8 Å². The number of aromatic nitrogens is 3. The van der Waals surface area contributed by atoms with E-state index in [1.54, 1.807) is 0 Å². The average molecular weight is 472 g/mol. The van der Waals surface area contributed by atoms with Gasteiger partial charge in [0.25, 0.3) is 0 Å². The lowest BCUT2D eigenvalue weighted by atomic mass is 10.1. The fourth-order valence-electron chi connectivity index (χ4n) is 3.25. The number of rotatable bonds is 9. The van der Waals surface area contributed by atoms with Gasteiger partial charge in [-0.15, -0.1) is 22.0 Å². The first-order chi connectivity index (χ1) is 16.2. The van der Waals surface area contributed by atoms with Gasteiger partial charge in [-0.25, -0.2) is 0 Å². The van der Waals surface area contributed by atoms with E-state index >= 15 is 0 Å². The second-order valence-corrected chi connectivity index (χ2v) is 8.97. The Morgan fingerprint density at radius 2 is 1.61 bits per heavy atom. The first-order valence-corrected chi connectivity index (χ1v) is 12.3. The lowest BCUT2D eigenvalue weighted by molar-refractivity contribution is -0.113. The number of amides is 1. The summed E-state index contributed by atoms with van der Waals surface area (Å²) in [5.74, 6) is 1.19. The van der Waals surface area contributed by atoms with Gasteiger partial charge in [0.05, 0.1) is 23.3 Å². The Kier molecular flexibility index (Phi) is 7.80. The summed E-state index contributed by atoms with van der Waals surface area (Å²) in [6, 6.07) is 29.6. The average Bonchev–Trinajstić information content (AvgIpc) is 3.25. The Labute approximate surface area is 201 Å². The Morgan fingerprint density at radius 3 is 2.36 bits per heavy atom. The molecule has 0 aliphatic carbocycles. The standard InChI is InChI=1S/C25H21N5OS2/c26-15-16-32-22-14-8-7-13-21(22)27-24(31)18-33-25-29-28-23(17-19-9-3-1-4-10-19)30(25)20-11-5-2-6-12-20/h1-14H,16-18H2,(H,27,31). The number of carbonyl (C=O) groups is 1. The molecule has 0 saturated heterocycles. The Morgan fingerprint density at radius 1 is 0.909 bits per heavy atom. The van der Waals surface area contributed by atoms with Crippen molar-refractivity contribution in [2.75, 3.05) is 16.8 Å². The predicted molar refractivity (Wildman–Crippen MR) is 133 cm³/mol. The number of nitriles is 1. The van der Waals surface area contributed by atoms with Crippen molar-refractivity contribution in [1.29, 1.82) is 5.26 Å². The summed E-state index contributed by atoms with van der Waals surface area (Å²) in [6.07, 6.45) is 0.638. The van der Waals surface area contributed by atoms with E-state index in [2.05, 4.69) is 33.7 Å². The predicted octanol–water partition coefficient (Wildman–Crippen LogP) is 5.20. The van der Waals surface area contributed by atoms with E-state index in [0.717, 1.165) is 22.0 Å². The normalized spacial score (nSPS) is 10.5. The molecule has 0 radical (unpaired) electrons. The van der Waals surface area contributed by atoms with Gasteiger partial charge >= 0.3 is 0 Å². The van der Waals surface area contributed by atoms with Crippen LogP contribution >= 0.6 is 23.5 Å². The fraction of sp³-hybridized carbons (Fsp3) is 0.120. The molecule has 0 unspecified atom stereocenters. The molecule has 164 valence electrons. The molecule has 0 bridgehead atoms. The zero-order valence-electron chi connectivity index (χ0n) is 17.7. The number of benzene rings is 3. The van der Waals surface area contributed by atoms with Crippen LogP contribution in [0.2, 0.25) is 0 Å². The van der Waals surface area contributed by atoms with Crippen LogP contribution in [0.4, 0.5) is 5.69 Å². The van der Waals surface area contributed by atoms with Crippen LogP contribution < -0.4 is 5.32 Å². The number of carbonyl (C=O) groups excluding carboxylic acids is 1. The monoisotopic (exact) mass is 471 g/mol. The molecular weight excluding hydrogens is 450 g/mol. The van der Waals surface area contributed by atoms with Crippen LogP contribution in [0.15, 0.2) is 95.0 Å². The Balaban J connectivity index is 1.50. The number of nitrogens with one attached hydrogen (secondary N) is 1.